The highest BCUT2D eigenvalue weighted by Crippen LogP contribution is 2.28. The predicted molar refractivity (Wildman–Crippen MR) is 80.0 cm³/mol. The molecule has 0 bridgehead atoms. The van der Waals surface area contributed by atoms with Crippen LogP contribution < -0.4 is 10.6 Å². The van der Waals surface area contributed by atoms with Crippen molar-refractivity contribution in [3.05, 3.63) is 5.82 Å². The van der Waals surface area contributed by atoms with Gasteiger partial charge in [-0.15, -0.1) is 5.10 Å². The summed E-state index contributed by atoms with van der Waals surface area (Å²) in [6.45, 7) is 0. The van der Waals surface area contributed by atoms with Gasteiger partial charge in [0.25, 0.3) is 0 Å². The molecular formula is C13H21N5O2S. The number of thioether (sulfide) groups is 1. The van der Waals surface area contributed by atoms with E-state index in [0.717, 1.165) is 24.6 Å². The zero-order valence-electron chi connectivity index (χ0n) is 12.1. The van der Waals surface area contributed by atoms with E-state index in [1.54, 1.807) is 0 Å². The second-order valence-electron chi connectivity index (χ2n) is 5.17. The molecule has 1 aromatic rings. The van der Waals surface area contributed by atoms with Crippen molar-refractivity contribution in [2.75, 3.05) is 12.8 Å². The van der Waals surface area contributed by atoms with Crippen LogP contribution in [0.4, 0.5) is 4.79 Å². The number of aromatic nitrogens is 3. The van der Waals surface area contributed by atoms with E-state index in [1.165, 1.54) is 44.5 Å². The van der Waals surface area contributed by atoms with Crippen LogP contribution in [0, 0.1) is 5.92 Å². The highest BCUT2D eigenvalue weighted by Gasteiger charge is 2.16. The molecule has 1 fully saturated rings. The number of carbonyl (C=O) groups is 2. The lowest BCUT2D eigenvalue weighted by Gasteiger charge is -2.05. The van der Waals surface area contributed by atoms with Gasteiger partial charge in [0.1, 0.15) is 5.82 Å². The Kier molecular flexibility index (Phi) is 6.04. The lowest BCUT2D eigenvalue weighted by molar-refractivity contribution is -0.117. The minimum absolute atomic E-state index is 0.118. The molecule has 0 saturated heterocycles. The Morgan fingerprint density at radius 2 is 2.14 bits per heavy atom. The van der Waals surface area contributed by atoms with E-state index in [9.17, 15) is 9.59 Å². The number of hydrogen-bond acceptors (Lipinski definition) is 5. The van der Waals surface area contributed by atoms with Gasteiger partial charge in [-0.1, -0.05) is 37.4 Å². The van der Waals surface area contributed by atoms with Crippen LogP contribution in [-0.4, -0.2) is 39.9 Å². The molecule has 0 aliphatic heterocycles. The van der Waals surface area contributed by atoms with E-state index in [0.29, 0.717) is 5.16 Å². The maximum absolute atomic E-state index is 11.4. The van der Waals surface area contributed by atoms with Gasteiger partial charge in [0.15, 0.2) is 0 Å². The SMILES string of the molecule is CNC(=O)NC(=O)CSc1n[nH]c(CCC2CCCC2)n1. The smallest absolute Gasteiger partial charge is 0.321 e. The van der Waals surface area contributed by atoms with E-state index in [-0.39, 0.29) is 11.7 Å². The molecule has 1 heterocycles. The standard InChI is InChI=1S/C13H21N5O2S/c1-14-12(20)16-11(19)8-21-13-15-10(17-18-13)7-6-9-4-2-3-5-9/h9H,2-8H2,1H3,(H,15,17,18)(H2,14,16,19,20). The molecule has 0 atom stereocenters. The van der Waals surface area contributed by atoms with Gasteiger partial charge in [0.2, 0.25) is 11.1 Å². The molecule has 3 N–H and O–H groups in total. The number of H-pyrrole nitrogens is 1. The average molecular weight is 311 g/mol. The number of nitrogens with one attached hydrogen (secondary N) is 3. The van der Waals surface area contributed by atoms with Crippen LogP contribution in [0.5, 0.6) is 0 Å². The fraction of sp³-hybridized carbons (Fsp3) is 0.692. The maximum Gasteiger partial charge on any atom is 0.321 e. The van der Waals surface area contributed by atoms with Crippen molar-refractivity contribution in [2.45, 2.75) is 43.7 Å². The van der Waals surface area contributed by atoms with Crippen LogP contribution >= 0.6 is 11.8 Å². The van der Waals surface area contributed by atoms with Gasteiger partial charge in [-0.3, -0.25) is 15.2 Å². The summed E-state index contributed by atoms with van der Waals surface area (Å²) in [5.41, 5.74) is 0. The number of imide groups is 1. The van der Waals surface area contributed by atoms with E-state index >= 15 is 0 Å². The van der Waals surface area contributed by atoms with Gasteiger partial charge >= 0.3 is 6.03 Å². The van der Waals surface area contributed by atoms with Gasteiger partial charge < -0.3 is 5.32 Å². The van der Waals surface area contributed by atoms with E-state index in [2.05, 4.69) is 25.8 Å². The fourth-order valence-electron chi connectivity index (χ4n) is 2.45. The molecule has 2 rings (SSSR count). The average Bonchev–Trinajstić information content (AvgIpc) is 3.14. The first-order valence-electron chi connectivity index (χ1n) is 7.23. The Balaban J connectivity index is 1.69. The first kappa shape index (κ1) is 15.8. The molecule has 0 radical (unpaired) electrons. The van der Waals surface area contributed by atoms with Crippen molar-refractivity contribution in [2.24, 2.45) is 5.92 Å². The number of carbonyl (C=O) groups excluding carboxylic acids is 2. The molecule has 1 aliphatic carbocycles. The third-order valence-corrected chi connectivity index (χ3v) is 4.44. The number of amides is 3. The number of hydrogen-bond donors (Lipinski definition) is 3. The molecule has 0 spiro atoms. The molecule has 116 valence electrons. The van der Waals surface area contributed by atoms with Crippen LogP contribution in [0.3, 0.4) is 0 Å². The first-order chi connectivity index (χ1) is 10.2. The monoisotopic (exact) mass is 311 g/mol. The highest BCUT2D eigenvalue weighted by molar-refractivity contribution is 7.99. The van der Waals surface area contributed by atoms with Gasteiger partial charge in [0, 0.05) is 13.5 Å². The van der Waals surface area contributed by atoms with Gasteiger partial charge in [-0.05, 0) is 12.3 Å². The Labute approximate surface area is 128 Å². The zero-order valence-corrected chi connectivity index (χ0v) is 13.0. The maximum atomic E-state index is 11.4. The van der Waals surface area contributed by atoms with Crippen molar-refractivity contribution in [3.63, 3.8) is 0 Å². The van der Waals surface area contributed by atoms with E-state index < -0.39 is 6.03 Å². The summed E-state index contributed by atoms with van der Waals surface area (Å²) in [7, 11) is 1.46. The zero-order chi connectivity index (χ0) is 15.1. The quantitative estimate of drug-likeness (QED) is 0.691. The lowest BCUT2D eigenvalue weighted by atomic mass is 10.0. The predicted octanol–water partition coefficient (Wildman–Crippen LogP) is 1.48. The topological polar surface area (TPSA) is 99.8 Å². The summed E-state index contributed by atoms with van der Waals surface area (Å²) in [6, 6.07) is -0.507. The largest absolute Gasteiger partial charge is 0.341 e. The van der Waals surface area contributed by atoms with Crippen molar-refractivity contribution in [3.8, 4) is 0 Å². The van der Waals surface area contributed by atoms with E-state index in [4.69, 9.17) is 0 Å². The second kappa shape index (κ2) is 8.02. The van der Waals surface area contributed by atoms with Crippen molar-refractivity contribution >= 4 is 23.7 Å². The Hall–Kier alpha value is -1.57. The lowest BCUT2D eigenvalue weighted by Crippen LogP contribution is -2.38. The molecule has 0 aromatic carbocycles. The summed E-state index contributed by atoms with van der Waals surface area (Å²) in [5, 5.41) is 12.1. The Bertz CT molecular complexity index is 485. The summed E-state index contributed by atoms with van der Waals surface area (Å²) >= 11 is 1.21. The summed E-state index contributed by atoms with van der Waals surface area (Å²) < 4.78 is 0. The van der Waals surface area contributed by atoms with Crippen LogP contribution in [0.25, 0.3) is 0 Å². The normalized spacial score (nSPS) is 15.1. The highest BCUT2D eigenvalue weighted by atomic mass is 32.2. The van der Waals surface area contributed by atoms with Crippen molar-refractivity contribution < 1.29 is 9.59 Å². The van der Waals surface area contributed by atoms with Crippen LogP contribution in [0.2, 0.25) is 0 Å². The molecule has 1 aliphatic rings. The Morgan fingerprint density at radius 3 is 2.86 bits per heavy atom. The molecular weight excluding hydrogens is 290 g/mol. The van der Waals surface area contributed by atoms with Gasteiger partial charge in [0.05, 0.1) is 5.75 Å². The summed E-state index contributed by atoms with van der Waals surface area (Å²) in [6.07, 6.45) is 7.41. The molecule has 7 nitrogen and oxygen atoms in total. The Morgan fingerprint density at radius 1 is 1.38 bits per heavy atom. The number of urea groups is 1. The number of nitrogens with zero attached hydrogens (tertiary/aromatic N) is 2. The fourth-order valence-corrected chi connectivity index (χ4v) is 3.07. The molecule has 1 saturated carbocycles. The molecule has 21 heavy (non-hydrogen) atoms. The molecule has 8 heteroatoms. The summed E-state index contributed by atoms with van der Waals surface area (Å²) in [5.74, 6) is 1.45. The molecule has 0 unspecified atom stereocenters. The van der Waals surface area contributed by atoms with Crippen LogP contribution in [-0.2, 0) is 11.2 Å². The van der Waals surface area contributed by atoms with Gasteiger partial charge in [-0.2, -0.15) is 0 Å². The first-order valence-corrected chi connectivity index (χ1v) is 8.21. The van der Waals surface area contributed by atoms with Crippen LogP contribution in [0.15, 0.2) is 5.16 Å². The minimum atomic E-state index is -0.507. The van der Waals surface area contributed by atoms with Gasteiger partial charge in [-0.25, -0.2) is 9.78 Å². The summed E-state index contributed by atoms with van der Waals surface area (Å²) in [4.78, 5) is 26.8. The van der Waals surface area contributed by atoms with E-state index in [1.807, 2.05) is 0 Å². The second-order valence-corrected chi connectivity index (χ2v) is 6.11. The molecule has 1 aromatic heterocycles. The number of rotatable bonds is 6. The third-order valence-electron chi connectivity index (χ3n) is 3.59. The molecule has 3 amide bonds. The number of aryl methyl sites for hydroxylation is 1. The third kappa shape index (κ3) is 5.37. The van der Waals surface area contributed by atoms with Crippen LogP contribution in [0.1, 0.15) is 37.9 Å². The van der Waals surface area contributed by atoms with Crippen molar-refractivity contribution in [1.82, 2.24) is 25.8 Å². The minimum Gasteiger partial charge on any atom is -0.341 e. The van der Waals surface area contributed by atoms with Crippen molar-refractivity contribution in [1.29, 1.82) is 0 Å². The number of aromatic amines is 1.